The fourth-order valence-corrected chi connectivity index (χ4v) is 3.72. The second kappa shape index (κ2) is 6.66. The van der Waals surface area contributed by atoms with Crippen LogP contribution < -0.4 is 10.6 Å². The van der Waals surface area contributed by atoms with Gasteiger partial charge in [0.1, 0.15) is 12.1 Å². The zero-order valence-electron chi connectivity index (χ0n) is 12.8. The Morgan fingerprint density at radius 2 is 2.08 bits per heavy atom. The molecule has 3 heterocycles. The number of nitrogens with one attached hydrogen (secondary N) is 2. The molecule has 4 rings (SSSR count). The summed E-state index contributed by atoms with van der Waals surface area (Å²) in [6, 6.07) is 6.08. The summed E-state index contributed by atoms with van der Waals surface area (Å²) in [6.07, 6.45) is 5.51. The lowest BCUT2D eigenvalue weighted by atomic mass is 10.1. The fourth-order valence-electron chi connectivity index (χ4n) is 3.00. The summed E-state index contributed by atoms with van der Waals surface area (Å²) in [5.74, 6) is 0.712. The van der Waals surface area contributed by atoms with Crippen LogP contribution in [0.25, 0.3) is 11.0 Å². The lowest BCUT2D eigenvalue weighted by molar-refractivity contribution is 0.349. The van der Waals surface area contributed by atoms with E-state index in [0.717, 1.165) is 47.1 Å². The number of halogens is 2. The van der Waals surface area contributed by atoms with Crippen LogP contribution in [0.3, 0.4) is 0 Å². The molecular weight excluding hydrogens is 392 g/mol. The van der Waals surface area contributed by atoms with E-state index < -0.39 is 0 Å². The van der Waals surface area contributed by atoms with Gasteiger partial charge < -0.3 is 10.6 Å². The molecule has 3 aromatic rings. The Labute approximate surface area is 152 Å². The topological polar surface area (TPSA) is 67.7 Å². The first-order valence-electron chi connectivity index (χ1n) is 7.83. The van der Waals surface area contributed by atoms with Crippen LogP contribution in [-0.4, -0.2) is 32.8 Å². The van der Waals surface area contributed by atoms with Crippen molar-refractivity contribution in [1.29, 1.82) is 0 Å². The second-order valence-corrected chi connectivity index (χ2v) is 7.10. The highest BCUT2D eigenvalue weighted by Crippen LogP contribution is 2.31. The number of hydrogen-bond donors (Lipinski definition) is 2. The van der Waals surface area contributed by atoms with Crippen LogP contribution >= 0.6 is 27.5 Å². The number of aromatic nitrogens is 4. The Bertz CT molecular complexity index is 874. The highest BCUT2D eigenvalue weighted by atomic mass is 79.9. The van der Waals surface area contributed by atoms with Crippen LogP contribution in [-0.2, 0) is 0 Å². The maximum Gasteiger partial charge on any atom is 0.163 e. The van der Waals surface area contributed by atoms with Crippen LogP contribution in [0.15, 0.2) is 35.2 Å². The number of hydrogen-bond acceptors (Lipinski definition) is 5. The molecule has 1 aromatic carbocycles. The van der Waals surface area contributed by atoms with Crippen molar-refractivity contribution in [3.05, 3.63) is 40.2 Å². The fraction of sp³-hybridized carbons (Fsp3) is 0.312. The van der Waals surface area contributed by atoms with Crippen LogP contribution in [0.4, 0.5) is 11.5 Å². The molecule has 0 bridgehead atoms. The first-order valence-corrected chi connectivity index (χ1v) is 9.00. The highest BCUT2D eigenvalue weighted by Gasteiger charge is 2.20. The minimum atomic E-state index is 0.378. The van der Waals surface area contributed by atoms with Gasteiger partial charge >= 0.3 is 0 Å². The summed E-state index contributed by atoms with van der Waals surface area (Å²) < 4.78 is 2.95. The van der Waals surface area contributed by atoms with Crippen molar-refractivity contribution >= 4 is 50.1 Å². The summed E-state index contributed by atoms with van der Waals surface area (Å²) in [5, 5.41) is 12.8. The molecule has 0 aliphatic carbocycles. The SMILES string of the molecule is Clc1cc(Br)ccc1Nc1ncnc2c1cnn2C1CCNCC1. The third-order valence-electron chi connectivity index (χ3n) is 4.23. The van der Waals surface area contributed by atoms with Gasteiger partial charge in [0.25, 0.3) is 0 Å². The van der Waals surface area contributed by atoms with Crippen molar-refractivity contribution < 1.29 is 0 Å². The normalized spacial score (nSPS) is 15.8. The number of rotatable bonds is 3. The predicted octanol–water partition coefficient (Wildman–Crippen LogP) is 3.91. The van der Waals surface area contributed by atoms with Gasteiger partial charge in [0, 0.05) is 4.47 Å². The molecule has 2 N–H and O–H groups in total. The third-order valence-corrected chi connectivity index (χ3v) is 5.04. The van der Waals surface area contributed by atoms with Gasteiger partial charge in [-0.05, 0) is 44.1 Å². The van der Waals surface area contributed by atoms with Gasteiger partial charge in [-0.2, -0.15) is 5.10 Å². The van der Waals surface area contributed by atoms with E-state index in [2.05, 4.69) is 41.6 Å². The number of piperidine rings is 1. The minimum absolute atomic E-state index is 0.378. The van der Waals surface area contributed by atoms with Crippen LogP contribution in [0.2, 0.25) is 5.02 Å². The standard InChI is InChI=1S/C16H16BrClN6/c17-10-1-2-14(13(18)7-10)23-15-12-8-22-24(16(12)21-9-20-15)11-3-5-19-6-4-11/h1-2,7-9,11,19H,3-6H2,(H,20,21,23). The molecule has 6 nitrogen and oxygen atoms in total. The van der Waals surface area contributed by atoms with E-state index in [1.807, 2.05) is 29.1 Å². The predicted molar refractivity (Wildman–Crippen MR) is 98.9 cm³/mol. The van der Waals surface area contributed by atoms with E-state index >= 15 is 0 Å². The van der Waals surface area contributed by atoms with Gasteiger partial charge in [-0.25, -0.2) is 14.6 Å². The Kier molecular flexibility index (Phi) is 4.39. The molecule has 0 atom stereocenters. The zero-order chi connectivity index (χ0) is 16.5. The Hall–Kier alpha value is -1.70. The molecule has 0 amide bonds. The summed E-state index contributed by atoms with van der Waals surface area (Å²) in [4.78, 5) is 8.81. The molecule has 0 radical (unpaired) electrons. The van der Waals surface area contributed by atoms with Gasteiger partial charge in [-0.3, -0.25) is 0 Å². The summed E-state index contributed by atoms with van der Waals surface area (Å²) in [5.41, 5.74) is 1.65. The highest BCUT2D eigenvalue weighted by molar-refractivity contribution is 9.10. The van der Waals surface area contributed by atoms with E-state index in [0.29, 0.717) is 16.9 Å². The van der Waals surface area contributed by atoms with Gasteiger partial charge in [-0.1, -0.05) is 27.5 Å². The molecule has 8 heteroatoms. The summed E-state index contributed by atoms with van der Waals surface area (Å²) >= 11 is 9.71. The molecule has 1 aliphatic heterocycles. The number of fused-ring (bicyclic) bond motifs is 1. The average molecular weight is 408 g/mol. The van der Waals surface area contributed by atoms with Crippen molar-refractivity contribution in [3.8, 4) is 0 Å². The first-order chi connectivity index (χ1) is 11.7. The van der Waals surface area contributed by atoms with Crippen molar-refractivity contribution in [2.24, 2.45) is 0 Å². The molecule has 24 heavy (non-hydrogen) atoms. The number of anilines is 2. The maximum atomic E-state index is 6.29. The molecular formula is C16H16BrClN6. The monoisotopic (exact) mass is 406 g/mol. The lowest BCUT2D eigenvalue weighted by Crippen LogP contribution is -2.29. The summed E-state index contributed by atoms with van der Waals surface area (Å²) in [7, 11) is 0. The smallest absolute Gasteiger partial charge is 0.163 e. The Balaban J connectivity index is 1.70. The quantitative estimate of drug-likeness (QED) is 0.689. The van der Waals surface area contributed by atoms with Gasteiger partial charge in [0.05, 0.1) is 28.3 Å². The largest absolute Gasteiger partial charge is 0.338 e. The maximum absolute atomic E-state index is 6.29. The molecule has 0 unspecified atom stereocenters. The Morgan fingerprint density at radius 3 is 2.88 bits per heavy atom. The molecule has 1 fully saturated rings. The van der Waals surface area contributed by atoms with E-state index in [1.165, 1.54) is 0 Å². The van der Waals surface area contributed by atoms with Crippen molar-refractivity contribution in [2.75, 3.05) is 18.4 Å². The molecule has 124 valence electrons. The van der Waals surface area contributed by atoms with E-state index in [-0.39, 0.29) is 0 Å². The number of nitrogens with zero attached hydrogens (tertiary/aromatic N) is 4. The molecule has 2 aromatic heterocycles. The Morgan fingerprint density at radius 1 is 1.25 bits per heavy atom. The van der Waals surface area contributed by atoms with Crippen molar-refractivity contribution in [3.63, 3.8) is 0 Å². The molecule has 0 saturated carbocycles. The van der Waals surface area contributed by atoms with Crippen LogP contribution in [0.1, 0.15) is 18.9 Å². The zero-order valence-corrected chi connectivity index (χ0v) is 15.2. The average Bonchev–Trinajstić information content (AvgIpc) is 3.03. The van der Waals surface area contributed by atoms with Gasteiger partial charge in [-0.15, -0.1) is 0 Å². The van der Waals surface area contributed by atoms with Gasteiger partial charge in [0.2, 0.25) is 0 Å². The molecule has 0 spiro atoms. The van der Waals surface area contributed by atoms with Crippen molar-refractivity contribution in [1.82, 2.24) is 25.1 Å². The van der Waals surface area contributed by atoms with Crippen molar-refractivity contribution in [2.45, 2.75) is 18.9 Å². The summed E-state index contributed by atoms with van der Waals surface area (Å²) in [6.45, 7) is 2.02. The van der Waals surface area contributed by atoms with E-state index in [4.69, 9.17) is 11.6 Å². The van der Waals surface area contributed by atoms with E-state index in [1.54, 1.807) is 6.33 Å². The minimum Gasteiger partial charge on any atom is -0.338 e. The van der Waals surface area contributed by atoms with Crippen LogP contribution in [0.5, 0.6) is 0 Å². The first kappa shape index (κ1) is 15.8. The third kappa shape index (κ3) is 2.99. The lowest BCUT2D eigenvalue weighted by Gasteiger charge is -2.23. The molecule has 1 saturated heterocycles. The molecule has 1 aliphatic rings. The van der Waals surface area contributed by atoms with E-state index in [9.17, 15) is 0 Å². The van der Waals surface area contributed by atoms with Gasteiger partial charge in [0.15, 0.2) is 5.65 Å². The van der Waals surface area contributed by atoms with Crippen LogP contribution in [0, 0.1) is 0 Å². The number of benzene rings is 1. The second-order valence-electron chi connectivity index (χ2n) is 5.78.